The maximum Gasteiger partial charge on any atom is 0.407 e. The summed E-state index contributed by atoms with van der Waals surface area (Å²) < 4.78 is 10.8. The highest BCUT2D eigenvalue weighted by Crippen LogP contribution is 2.44. The molecule has 0 saturated carbocycles. The summed E-state index contributed by atoms with van der Waals surface area (Å²) in [5, 5.41) is 11.3. The molecule has 0 aromatic heterocycles. The van der Waals surface area contributed by atoms with Gasteiger partial charge in [-0.1, -0.05) is 48.5 Å². The van der Waals surface area contributed by atoms with Gasteiger partial charge in [-0.15, -0.1) is 0 Å². The summed E-state index contributed by atoms with van der Waals surface area (Å²) in [5.41, 5.74) is 4.56. The number of hydrogen-bond acceptors (Lipinski definition) is 5. The molecular weight excluding hydrogens is 424 g/mol. The fourth-order valence-electron chi connectivity index (χ4n) is 4.58. The highest BCUT2D eigenvalue weighted by Gasteiger charge is 2.30. The van der Waals surface area contributed by atoms with Crippen LogP contribution in [0, 0.1) is 0 Å². The number of benzene rings is 2. The smallest absolute Gasteiger partial charge is 0.407 e. The summed E-state index contributed by atoms with van der Waals surface area (Å²) in [5.74, 6) is -1.24. The first-order valence-electron chi connectivity index (χ1n) is 11.2. The molecule has 1 saturated heterocycles. The second kappa shape index (κ2) is 10.0. The first-order chi connectivity index (χ1) is 15.9. The molecule has 1 aliphatic heterocycles. The van der Waals surface area contributed by atoms with E-state index in [4.69, 9.17) is 14.6 Å². The van der Waals surface area contributed by atoms with Crippen molar-refractivity contribution in [3.63, 3.8) is 0 Å². The maximum atomic E-state index is 12.7. The largest absolute Gasteiger partial charge is 0.480 e. The fourth-order valence-corrected chi connectivity index (χ4v) is 4.58. The number of alkyl carbamates (subject to hydrolysis) is 1. The van der Waals surface area contributed by atoms with E-state index in [9.17, 15) is 14.4 Å². The molecule has 0 unspecified atom stereocenters. The van der Waals surface area contributed by atoms with Crippen LogP contribution in [0.3, 0.4) is 0 Å². The van der Waals surface area contributed by atoms with Gasteiger partial charge in [0.2, 0.25) is 5.91 Å². The number of aliphatic carboxylic acids is 1. The molecule has 1 heterocycles. The third-order valence-corrected chi connectivity index (χ3v) is 6.24. The first kappa shape index (κ1) is 22.8. The van der Waals surface area contributed by atoms with E-state index >= 15 is 0 Å². The molecule has 0 radical (unpaired) electrons. The molecule has 2 N–H and O–H groups in total. The van der Waals surface area contributed by atoms with Crippen LogP contribution >= 0.6 is 0 Å². The number of carboxylic acid groups (broad SMARTS) is 1. The average molecular weight is 453 g/mol. The van der Waals surface area contributed by atoms with Gasteiger partial charge in [0.25, 0.3) is 0 Å². The van der Waals surface area contributed by atoms with Crippen LogP contribution in [0.15, 0.2) is 48.5 Å². The van der Waals surface area contributed by atoms with E-state index in [1.165, 1.54) is 0 Å². The molecule has 1 aliphatic carbocycles. The summed E-state index contributed by atoms with van der Waals surface area (Å²) in [6.45, 7) is 2.40. The van der Waals surface area contributed by atoms with Gasteiger partial charge in [0.1, 0.15) is 19.3 Å². The Morgan fingerprint density at radius 3 is 2.18 bits per heavy atom. The van der Waals surface area contributed by atoms with Crippen molar-refractivity contribution in [2.24, 2.45) is 0 Å². The monoisotopic (exact) mass is 452 g/mol. The Morgan fingerprint density at radius 1 is 1.03 bits per heavy atom. The van der Waals surface area contributed by atoms with Gasteiger partial charge >= 0.3 is 12.1 Å². The Balaban J connectivity index is 1.27. The number of carboxylic acids is 1. The molecule has 174 valence electrons. The van der Waals surface area contributed by atoms with E-state index in [0.717, 1.165) is 22.3 Å². The lowest BCUT2D eigenvalue weighted by atomic mass is 9.98. The molecular formula is C25H28N2O6. The number of rotatable bonds is 7. The number of likely N-dealkylation sites (tertiary alicyclic amines) is 1. The van der Waals surface area contributed by atoms with Crippen LogP contribution in [-0.4, -0.2) is 66.4 Å². The Bertz CT molecular complexity index is 986. The maximum absolute atomic E-state index is 12.7. The van der Waals surface area contributed by atoms with Crippen molar-refractivity contribution in [2.75, 3.05) is 26.3 Å². The van der Waals surface area contributed by atoms with Crippen molar-refractivity contribution >= 4 is 18.0 Å². The van der Waals surface area contributed by atoms with Crippen LogP contribution in [-0.2, 0) is 19.1 Å². The van der Waals surface area contributed by atoms with Crippen LogP contribution in [0.1, 0.15) is 36.8 Å². The van der Waals surface area contributed by atoms with Crippen LogP contribution in [0.4, 0.5) is 4.79 Å². The number of nitrogens with one attached hydrogen (secondary N) is 1. The van der Waals surface area contributed by atoms with E-state index in [1.807, 2.05) is 24.3 Å². The Morgan fingerprint density at radius 2 is 1.61 bits per heavy atom. The molecule has 0 bridgehead atoms. The summed E-state index contributed by atoms with van der Waals surface area (Å²) in [6, 6.07) is 15.5. The van der Waals surface area contributed by atoms with Crippen LogP contribution in [0.2, 0.25) is 0 Å². The van der Waals surface area contributed by atoms with Gasteiger partial charge in [0.05, 0.1) is 6.10 Å². The number of carbonyl (C=O) groups is 3. The molecule has 1 fully saturated rings. The number of piperidine rings is 1. The van der Waals surface area contributed by atoms with Crippen molar-refractivity contribution < 1.29 is 29.0 Å². The minimum Gasteiger partial charge on any atom is -0.480 e. The molecule has 8 heteroatoms. The molecule has 4 rings (SSSR count). The molecule has 1 atom stereocenters. The zero-order valence-corrected chi connectivity index (χ0v) is 18.5. The Kier molecular flexibility index (Phi) is 6.93. The second-order valence-electron chi connectivity index (χ2n) is 8.42. The summed E-state index contributed by atoms with van der Waals surface area (Å²) in [4.78, 5) is 37.4. The number of ether oxygens (including phenoxy) is 2. The Hall–Kier alpha value is -3.39. The van der Waals surface area contributed by atoms with Gasteiger partial charge in [-0.25, -0.2) is 9.59 Å². The number of carbonyl (C=O) groups excluding carboxylic acids is 2. The third-order valence-electron chi connectivity index (χ3n) is 6.24. The van der Waals surface area contributed by atoms with E-state index < -0.39 is 18.1 Å². The van der Waals surface area contributed by atoms with Crippen molar-refractivity contribution in [3.8, 4) is 11.1 Å². The molecule has 2 aliphatic rings. The van der Waals surface area contributed by atoms with Crippen LogP contribution in [0.25, 0.3) is 11.1 Å². The minimum absolute atomic E-state index is 0.0426. The highest BCUT2D eigenvalue weighted by atomic mass is 16.5. The molecule has 2 aromatic rings. The standard InChI is InChI=1S/C25H28N2O6/c1-16(24(30)27-12-10-17(11-13-27)32-15-23(28)29)26-25(31)33-14-22-20-8-4-2-6-18(20)19-7-3-5-9-21(19)22/h2-9,16-17,22H,10-15H2,1H3,(H,26,31)(H,28,29)/t16-/m1/s1. The van der Waals surface area contributed by atoms with Gasteiger partial charge in [-0.05, 0) is 42.0 Å². The van der Waals surface area contributed by atoms with Crippen LogP contribution in [0.5, 0.6) is 0 Å². The summed E-state index contributed by atoms with van der Waals surface area (Å²) in [7, 11) is 0. The molecule has 2 aromatic carbocycles. The average Bonchev–Trinajstić information content (AvgIpc) is 3.15. The molecule has 33 heavy (non-hydrogen) atoms. The van der Waals surface area contributed by atoms with Crippen molar-refractivity contribution in [1.29, 1.82) is 0 Å². The van der Waals surface area contributed by atoms with Gasteiger partial charge in [-0.3, -0.25) is 4.79 Å². The quantitative estimate of drug-likeness (QED) is 0.669. The summed E-state index contributed by atoms with van der Waals surface area (Å²) in [6.07, 6.45) is 0.334. The molecule has 2 amide bonds. The predicted molar refractivity (Wildman–Crippen MR) is 121 cm³/mol. The van der Waals surface area contributed by atoms with E-state index in [1.54, 1.807) is 11.8 Å². The van der Waals surface area contributed by atoms with E-state index in [0.29, 0.717) is 25.9 Å². The first-order valence-corrected chi connectivity index (χ1v) is 11.2. The van der Waals surface area contributed by atoms with E-state index in [2.05, 4.69) is 29.6 Å². The topological polar surface area (TPSA) is 105 Å². The lowest BCUT2D eigenvalue weighted by Gasteiger charge is -2.33. The Labute approximate surface area is 192 Å². The predicted octanol–water partition coefficient (Wildman–Crippen LogP) is 3.01. The SMILES string of the molecule is C[C@@H](NC(=O)OCC1c2ccccc2-c2ccccc21)C(=O)N1CCC(OCC(=O)O)CC1. The number of nitrogens with zero attached hydrogens (tertiary/aromatic N) is 1. The zero-order valence-electron chi connectivity index (χ0n) is 18.5. The summed E-state index contributed by atoms with van der Waals surface area (Å²) >= 11 is 0. The second-order valence-corrected chi connectivity index (χ2v) is 8.42. The number of amides is 2. The third kappa shape index (κ3) is 5.17. The lowest BCUT2D eigenvalue weighted by Crippen LogP contribution is -2.50. The normalized spacial score (nSPS) is 16.6. The number of hydrogen-bond donors (Lipinski definition) is 2. The molecule has 8 nitrogen and oxygen atoms in total. The van der Waals surface area contributed by atoms with Crippen molar-refractivity contribution in [2.45, 2.75) is 37.8 Å². The highest BCUT2D eigenvalue weighted by molar-refractivity contribution is 5.85. The minimum atomic E-state index is -1.01. The van der Waals surface area contributed by atoms with Crippen molar-refractivity contribution in [1.82, 2.24) is 10.2 Å². The molecule has 0 spiro atoms. The van der Waals surface area contributed by atoms with Crippen molar-refractivity contribution in [3.05, 3.63) is 59.7 Å². The fraction of sp³-hybridized carbons (Fsp3) is 0.400. The lowest BCUT2D eigenvalue weighted by molar-refractivity contribution is -0.147. The number of fused-ring (bicyclic) bond motifs is 3. The van der Waals surface area contributed by atoms with Gasteiger partial charge in [-0.2, -0.15) is 0 Å². The van der Waals surface area contributed by atoms with Gasteiger partial charge in [0, 0.05) is 19.0 Å². The zero-order chi connectivity index (χ0) is 23.4. The van der Waals surface area contributed by atoms with Gasteiger partial charge in [0.15, 0.2) is 0 Å². The van der Waals surface area contributed by atoms with Gasteiger partial charge < -0.3 is 24.8 Å². The van der Waals surface area contributed by atoms with Crippen LogP contribution < -0.4 is 5.32 Å². The van der Waals surface area contributed by atoms with E-state index in [-0.39, 0.29) is 31.1 Å².